The second kappa shape index (κ2) is 9.46. The zero-order valence-corrected chi connectivity index (χ0v) is 20.9. The fourth-order valence-corrected chi connectivity index (χ4v) is 4.55. The topological polar surface area (TPSA) is 74.6 Å². The minimum atomic E-state index is -0.922. The first-order valence-corrected chi connectivity index (χ1v) is 11.9. The third-order valence-electron chi connectivity index (χ3n) is 7.25. The molecule has 0 saturated carbocycles. The Labute approximate surface area is 211 Å². The highest BCUT2D eigenvalue weighted by Gasteiger charge is 2.25. The van der Waals surface area contributed by atoms with E-state index in [0.717, 1.165) is 33.4 Å². The molecule has 0 heterocycles. The van der Waals surface area contributed by atoms with Gasteiger partial charge in [0, 0.05) is 10.8 Å². The molecule has 36 heavy (non-hydrogen) atoms. The van der Waals surface area contributed by atoms with E-state index >= 15 is 0 Å². The van der Waals surface area contributed by atoms with Crippen molar-refractivity contribution in [3.63, 3.8) is 0 Å². The molecule has 0 bridgehead atoms. The van der Waals surface area contributed by atoms with E-state index in [0.29, 0.717) is 0 Å². The molecule has 0 aliphatic rings. The Morgan fingerprint density at radius 2 is 0.667 bits per heavy atom. The molecule has 0 amide bonds. The van der Waals surface area contributed by atoms with Crippen molar-refractivity contribution >= 4 is 11.9 Å². The molecular weight excluding hydrogens is 448 g/mol. The summed E-state index contributed by atoms with van der Waals surface area (Å²) in [6, 6.07) is 31.1. The molecule has 4 heteroatoms. The van der Waals surface area contributed by atoms with E-state index in [9.17, 15) is 9.59 Å². The van der Waals surface area contributed by atoms with Crippen LogP contribution in [-0.2, 0) is 10.8 Å². The predicted octanol–water partition coefficient (Wildman–Crippen LogP) is 7.40. The summed E-state index contributed by atoms with van der Waals surface area (Å²) in [4.78, 5) is 22.3. The maximum Gasteiger partial charge on any atom is 0.335 e. The molecule has 4 nitrogen and oxygen atoms in total. The van der Waals surface area contributed by atoms with Crippen molar-refractivity contribution in [3.8, 4) is 11.1 Å². The number of carbonyl (C=O) groups is 2. The number of benzene rings is 4. The Kier molecular flexibility index (Phi) is 6.55. The van der Waals surface area contributed by atoms with E-state index in [1.807, 2.05) is 24.3 Å². The summed E-state index contributed by atoms with van der Waals surface area (Å²) in [5.74, 6) is -1.84. The number of aromatic carboxylic acids is 2. The summed E-state index contributed by atoms with van der Waals surface area (Å²) in [7, 11) is 0. The van der Waals surface area contributed by atoms with Gasteiger partial charge in [0.05, 0.1) is 11.1 Å². The van der Waals surface area contributed by atoms with Crippen LogP contribution in [0.2, 0.25) is 0 Å². The van der Waals surface area contributed by atoms with Crippen LogP contribution in [0.4, 0.5) is 0 Å². The van der Waals surface area contributed by atoms with Gasteiger partial charge in [-0.15, -0.1) is 0 Å². The summed E-state index contributed by atoms with van der Waals surface area (Å²) >= 11 is 0. The molecule has 2 N–H and O–H groups in total. The Morgan fingerprint density at radius 3 is 0.889 bits per heavy atom. The van der Waals surface area contributed by atoms with Gasteiger partial charge in [-0.3, -0.25) is 0 Å². The normalized spacial score (nSPS) is 11.8. The number of rotatable bonds is 7. The van der Waals surface area contributed by atoms with Gasteiger partial charge in [-0.1, -0.05) is 100 Å². The molecule has 4 aromatic rings. The molecule has 0 aliphatic carbocycles. The van der Waals surface area contributed by atoms with Crippen LogP contribution in [0.15, 0.2) is 97.1 Å². The highest BCUT2D eigenvalue weighted by molar-refractivity contribution is 5.88. The predicted molar refractivity (Wildman–Crippen MR) is 143 cm³/mol. The maximum absolute atomic E-state index is 11.2. The van der Waals surface area contributed by atoms with Crippen molar-refractivity contribution in [3.05, 3.63) is 130 Å². The standard InChI is InChI=1S/C32H30O4/c1-31(2,27-17-9-23(10-18-27)29(33)34)25-13-5-21(6-14-25)22-7-15-26(16-8-22)32(3,4)28-19-11-24(12-20-28)30(35)36/h5-20H,1-4H3,(H,33,34)(H,35,36). The fraction of sp³-hybridized carbons (Fsp3) is 0.188. The van der Waals surface area contributed by atoms with E-state index in [2.05, 4.69) is 76.2 Å². The molecule has 4 rings (SSSR count). The van der Waals surface area contributed by atoms with E-state index < -0.39 is 11.9 Å². The molecule has 0 atom stereocenters. The summed E-state index contributed by atoms with van der Waals surface area (Å²) in [6.45, 7) is 8.55. The smallest absolute Gasteiger partial charge is 0.335 e. The van der Waals surface area contributed by atoms with Crippen LogP contribution < -0.4 is 0 Å². The van der Waals surface area contributed by atoms with E-state index in [1.165, 1.54) is 0 Å². The van der Waals surface area contributed by atoms with Crippen molar-refractivity contribution in [2.24, 2.45) is 0 Å². The zero-order valence-electron chi connectivity index (χ0n) is 20.9. The van der Waals surface area contributed by atoms with Crippen LogP contribution in [0.5, 0.6) is 0 Å². The molecule has 0 spiro atoms. The Bertz CT molecular complexity index is 1270. The maximum atomic E-state index is 11.2. The fourth-order valence-electron chi connectivity index (χ4n) is 4.55. The van der Waals surface area contributed by atoms with E-state index in [-0.39, 0.29) is 22.0 Å². The van der Waals surface area contributed by atoms with Crippen LogP contribution in [0, 0.1) is 0 Å². The number of carboxylic acids is 2. The lowest BCUT2D eigenvalue weighted by molar-refractivity contribution is 0.0686. The second-order valence-electron chi connectivity index (χ2n) is 10.2. The van der Waals surface area contributed by atoms with Gasteiger partial charge in [0.2, 0.25) is 0 Å². The summed E-state index contributed by atoms with van der Waals surface area (Å²) in [5.41, 5.74) is 6.69. The van der Waals surface area contributed by atoms with Crippen LogP contribution in [-0.4, -0.2) is 22.2 Å². The molecule has 0 radical (unpaired) electrons. The van der Waals surface area contributed by atoms with Gasteiger partial charge in [0.15, 0.2) is 0 Å². The van der Waals surface area contributed by atoms with Gasteiger partial charge in [-0.05, 0) is 57.6 Å². The monoisotopic (exact) mass is 478 g/mol. The minimum absolute atomic E-state index is 0.264. The average molecular weight is 479 g/mol. The molecule has 0 saturated heterocycles. The largest absolute Gasteiger partial charge is 0.478 e. The van der Waals surface area contributed by atoms with Crippen LogP contribution >= 0.6 is 0 Å². The second-order valence-corrected chi connectivity index (χ2v) is 10.2. The van der Waals surface area contributed by atoms with Crippen molar-refractivity contribution in [1.82, 2.24) is 0 Å². The van der Waals surface area contributed by atoms with Crippen molar-refractivity contribution in [2.75, 3.05) is 0 Å². The summed E-state index contributed by atoms with van der Waals surface area (Å²) in [6.07, 6.45) is 0. The lowest BCUT2D eigenvalue weighted by Crippen LogP contribution is -2.19. The number of carboxylic acid groups (broad SMARTS) is 2. The lowest BCUT2D eigenvalue weighted by Gasteiger charge is -2.27. The first kappa shape index (κ1) is 24.9. The van der Waals surface area contributed by atoms with Crippen molar-refractivity contribution < 1.29 is 19.8 Å². The first-order chi connectivity index (χ1) is 17.0. The molecule has 0 fully saturated rings. The first-order valence-electron chi connectivity index (χ1n) is 11.9. The van der Waals surface area contributed by atoms with Crippen LogP contribution in [0.1, 0.15) is 70.7 Å². The van der Waals surface area contributed by atoms with Crippen LogP contribution in [0.25, 0.3) is 11.1 Å². The minimum Gasteiger partial charge on any atom is -0.478 e. The van der Waals surface area contributed by atoms with Crippen LogP contribution in [0.3, 0.4) is 0 Å². The van der Waals surface area contributed by atoms with Gasteiger partial charge in [0.25, 0.3) is 0 Å². The van der Waals surface area contributed by atoms with Crippen molar-refractivity contribution in [2.45, 2.75) is 38.5 Å². The Hall–Kier alpha value is -4.18. The average Bonchev–Trinajstić information content (AvgIpc) is 2.89. The lowest BCUT2D eigenvalue weighted by atomic mass is 9.77. The Balaban J connectivity index is 1.54. The van der Waals surface area contributed by atoms with Gasteiger partial charge in [-0.25, -0.2) is 9.59 Å². The number of hydrogen-bond donors (Lipinski definition) is 2. The molecule has 0 aromatic heterocycles. The summed E-state index contributed by atoms with van der Waals surface area (Å²) < 4.78 is 0. The molecule has 0 unspecified atom stereocenters. The van der Waals surface area contributed by atoms with Gasteiger partial charge >= 0.3 is 11.9 Å². The quantitative estimate of drug-likeness (QED) is 0.290. The molecule has 0 aliphatic heterocycles. The third-order valence-corrected chi connectivity index (χ3v) is 7.25. The summed E-state index contributed by atoms with van der Waals surface area (Å²) in [5, 5.41) is 18.3. The molecule has 182 valence electrons. The third kappa shape index (κ3) is 4.80. The van der Waals surface area contributed by atoms with E-state index in [1.54, 1.807) is 24.3 Å². The van der Waals surface area contributed by atoms with Gasteiger partial charge in [-0.2, -0.15) is 0 Å². The Morgan fingerprint density at radius 1 is 0.444 bits per heavy atom. The highest BCUT2D eigenvalue weighted by atomic mass is 16.4. The van der Waals surface area contributed by atoms with Gasteiger partial charge in [0.1, 0.15) is 0 Å². The van der Waals surface area contributed by atoms with E-state index in [4.69, 9.17) is 10.2 Å². The highest BCUT2D eigenvalue weighted by Crippen LogP contribution is 2.35. The zero-order chi connectivity index (χ0) is 26.1. The number of hydrogen-bond acceptors (Lipinski definition) is 2. The molecular formula is C32H30O4. The van der Waals surface area contributed by atoms with Crippen molar-refractivity contribution in [1.29, 1.82) is 0 Å². The molecule has 4 aromatic carbocycles. The SMILES string of the molecule is CC(C)(c1ccc(C(=O)O)cc1)c1ccc(-c2ccc(C(C)(C)c3ccc(C(=O)O)cc3)cc2)cc1. The van der Waals surface area contributed by atoms with Gasteiger partial charge < -0.3 is 10.2 Å².